The van der Waals surface area contributed by atoms with Crippen LogP contribution in [0.2, 0.25) is 0 Å². The first kappa shape index (κ1) is 15.3. The van der Waals surface area contributed by atoms with Crippen molar-refractivity contribution < 1.29 is 17.6 Å². The van der Waals surface area contributed by atoms with Crippen LogP contribution in [0.15, 0.2) is 24.3 Å². The Balaban J connectivity index is 2.24. The first-order valence-corrected chi connectivity index (χ1v) is 6.90. The number of hydrogen-bond acceptors (Lipinski definition) is 1. The molecule has 1 aromatic rings. The monoisotopic (exact) mass is 289 g/mol. The summed E-state index contributed by atoms with van der Waals surface area (Å²) in [4.78, 5) is 0. The Hall–Kier alpha value is -1.10. The van der Waals surface area contributed by atoms with E-state index in [0.29, 0.717) is 0 Å². The van der Waals surface area contributed by atoms with E-state index < -0.39 is 17.4 Å². The zero-order valence-electron chi connectivity index (χ0n) is 11.4. The van der Waals surface area contributed by atoms with Crippen LogP contribution in [0.3, 0.4) is 0 Å². The number of rotatable bonds is 3. The third kappa shape index (κ3) is 3.51. The number of hydrogen-bond donors (Lipinski definition) is 1. The smallest absolute Gasteiger partial charge is 0.314 e. The second-order valence-corrected chi connectivity index (χ2v) is 5.59. The van der Waals surface area contributed by atoms with Gasteiger partial charge in [-0.05, 0) is 32.4 Å². The van der Waals surface area contributed by atoms with Crippen LogP contribution in [0.25, 0.3) is 0 Å². The van der Waals surface area contributed by atoms with Gasteiger partial charge in [-0.1, -0.05) is 24.6 Å². The molecule has 112 valence electrons. The molecule has 2 rings (SSSR count). The van der Waals surface area contributed by atoms with E-state index in [4.69, 9.17) is 0 Å². The summed E-state index contributed by atoms with van der Waals surface area (Å²) in [5.74, 6) is 0. The molecule has 1 aliphatic heterocycles. The van der Waals surface area contributed by atoms with Crippen molar-refractivity contribution in [1.29, 1.82) is 0 Å². The van der Waals surface area contributed by atoms with Crippen molar-refractivity contribution in [1.82, 2.24) is 5.32 Å². The first-order valence-electron chi connectivity index (χ1n) is 6.90. The van der Waals surface area contributed by atoms with Gasteiger partial charge in [-0.2, -0.15) is 13.2 Å². The minimum Gasteiger partial charge on any atom is -0.314 e. The van der Waals surface area contributed by atoms with Crippen molar-refractivity contribution in [3.05, 3.63) is 35.4 Å². The molecule has 1 aromatic carbocycles. The summed E-state index contributed by atoms with van der Waals surface area (Å²) in [6.45, 7) is 2.05. The summed E-state index contributed by atoms with van der Waals surface area (Å²) in [5, 5.41) is 3.18. The van der Waals surface area contributed by atoms with Gasteiger partial charge in [0.1, 0.15) is 5.67 Å². The van der Waals surface area contributed by atoms with Crippen LogP contribution >= 0.6 is 0 Å². The second-order valence-electron chi connectivity index (χ2n) is 5.59. The van der Waals surface area contributed by atoms with E-state index in [2.05, 4.69) is 5.32 Å². The van der Waals surface area contributed by atoms with Gasteiger partial charge in [0.25, 0.3) is 0 Å². The molecule has 0 spiro atoms. The molecule has 20 heavy (non-hydrogen) atoms. The Labute approximate surface area is 116 Å². The fourth-order valence-corrected chi connectivity index (χ4v) is 2.86. The average molecular weight is 289 g/mol. The summed E-state index contributed by atoms with van der Waals surface area (Å²) >= 11 is 0. The molecule has 1 fully saturated rings. The van der Waals surface area contributed by atoms with Gasteiger partial charge >= 0.3 is 6.18 Å². The van der Waals surface area contributed by atoms with Crippen LogP contribution in [0.1, 0.15) is 43.7 Å². The summed E-state index contributed by atoms with van der Waals surface area (Å²) < 4.78 is 53.8. The Bertz CT molecular complexity index is 447. The summed E-state index contributed by atoms with van der Waals surface area (Å²) in [7, 11) is 0. The van der Waals surface area contributed by atoms with Crippen molar-refractivity contribution in [2.24, 2.45) is 0 Å². The van der Waals surface area contributed by atoms with Crippen molar-refractivity contribution in [3.8, 4) is 0 Å². The van der Waals surface area contributed by atoms with Gasteiger partial charge in [-0.25, -0.2) is 4.39 Å². The van der Waals surface area contributed by atoms with Gasteiger partial charge in [0, 0.05) is 18.0 Å². The molecule has 5 heteroatoms. The number of piperidine rings is 1. The summed E-state index contributed by atoms with van der Waals surface area (Å²) in [6, 6.07) is 4.88. The molecule has 0 bridgehead atoms. The molecule has 0 radical (unpaired) electrons. The number of nitrogens with one attached hydrogen (secondary N) is 1. The third-order valence-electron chi connectivity index (χ3n) is 3.84. The zero-order valence-corrected chi connectivity index (χ0v) is 11.4. The topological polar surface area (TPSA) is 12.0 Å². The predicted molar refractivity (Wildman–Crippen MR) is 70.2 cm³/mol. The standard InChI is InChI=1S/C15H19F4N/c1-14(16,10-11-6-4-5-9-20-11)12-7-2-3-8-13(12)15(17,18)19/h2-3,7-8,11,20H,4-6,9-10H2,1H3. The molecule has 1 heterocycles. The van der Waals surface area contributed by atoms with E-state index in [1.54, 1.807) is 0 Å². The van der Waals surface area contributed by atoms with E-state index in [1.165, 1.54) is 25.1 Å². The molecule has 0 amide bonds. The fraction of sp³-hybridized carbons (Fsp3) is 0.600. The highest BCUT2D eigenvalue weighted by Crippen LogP contribution is 2.40. The fourth-order valence-electron chi connectivity index (χ4n) is 2.86. The molecule has 0 aliphatic carbocycles. The van der Waals surface area contributed by atoms with Gasteiger partial charge in [0.05, 0.1) is 5.56 Å². The van der Waals surface area contributed by atoms with E-state index in [-0.39, 0.29) is 18.0 Å². The van der Waals surface area contributed by atoms with Crippen LogP contribution in [-0.2, 0) is 11.8 Å². The van der Waals surface area contributed by atoms with Crippen LogP contribution < -0.4 is 5.32 Å². The predicted octanol–water partition coefficient (Wildman–Crippen LogP) is 4.42. The lowest BCUT2D eigenvalue weighted by atomic mass is 9.85. The van der Waals surface area contributed by atoms with E-state index in [1.807, 2.05) is 0 Å². The van der Waals surface area contributed by atoms with Crippen molar-refractivity contribution in [2.45, 2.75) is 50.5 Å². The molecule has 2 atom stereocenters. The summed E-state index contributed by atoms with van der Waals surface area (Å²) in [6.07, 6.45) is -1.61. The third-order valence-corrected chi connectivity index (χ3v) is 3.84. The highest BCUT2D eigenvalue weighted by molar-refractivity contribution is 5.34. The Morgan fingerprint density at radius 2 is 1.75 bits per heavy atom. The van der Waals surface area contributed by atoms with Crippen molar-refractivity contribution >= 4 is 0 Å². The highest BCUT2D eigenvalue weighted by atomic mass is 19.4. The zero-order chi connectivity index (χ0) is 14.8. The maximum atomic E-state index is 14.9. The molecule has 1 nitrogen and oxygen atoms in total. The largest absolute Gasteiger partial charge is 0.416 e. The minimum atomic E-state index is -4.52. The number of halogens is 4. The normalized spacial score (nSPS) is 23.4. The molecule has 1 aliphatic rings. The van der Waals surface area contributed by atoms with E-state index in [0.717, 1.165) is 31.9 Å². The Morgan fingerprint density at radius 1 is 1.10 bits per heavy atom. The minimum absolute atomic E-state index is 0.0555. The average Bonchev–Trinajstić information content (AvgIpc) is 2.38. The van der Waals surface area contributed by atoms with Crippen LogP contribution in [0.4, 0.5) is 17.6 Å². The van der Waals surface area contributed by atoms with Crippen LogP contribution in [-0.4, -0.2) is 12.6 Å². The van der Waals surface area contributed by atoms with E-state index >= 15 is 0 Å². The lowest BCUT2D eigenvalue weighted by molar-refractivity contribution is -0.139. The number of benzene rings is 1. The number of alkyl halides is 4. The first-order chi connectivity index (χ1) is 9.31. The van der Waals surface area contributed by atoms with Crippen LogP contribution in [0.5, 0.6) is 0 Å². The molecule has 0 saturated carbocycles. The molecule has 0 aromatic heterocycles. The lowest BCUT2D eigenvalue weighted by Gasteiger charge is -2.31. The van der Waals surface area contributed by atoms with Gasteiger partial charge in [-0.15, -0.1) is 0 Å². The van der Waals surface area contributed by atoms with Gasteiger partial charge in [0.15, 0.2) is 0 Å². The van der Waals surface area contributed by atoms with Gasteiger partial charge in [-0.3, -0.25) is 0 Å². The highest BCUT2D eigenvalue weighted by Gasteiger charge is 2.40. The molecule has 2 unspecified atom stereocenters. The SMILES string of the molecule is CC(F)(CC1CCCCN1)c1ccccc1C(F)(F)F. The van der Waals surface area contributed by atoms with Crippen molar-refractivity contribution in [3.63, 3.8) is 0 Å². The van der Waals surface area contributed by atoms with Crippen LogP contribution in [0, 0.1) is 0 Å². The van der Waals surface area contributed by atoms with Gasteiger partial charge in [0.2, 0.25) is 0 Å². The van der Waals surface area contributed by atoms with Gasteiger partial charge < -0.3 is 5.32 Å². The molecular formula is C15H19F4N. The molecular weight excluding hydrogens is 270 g/mol. The molecule has 1 saturated heterocycles. The Morgan fingerprint density at radius 3 is 2.30 bits per heavy atom. The lowest BCUT2D eigenvalue weighted by Crippen LogP contribution is -2.38. The maximum absolute atomic E-state index is 14.9. The second kappa shape index (κ2) is 5.72. The quantitative estimate of drug-likeness (QED) is 0.812. The van der Waals surface area contributed by atoms with Crippen molar-refractivity contribution in [2.75, 3.05) is 6.54 Å². The molecule has 1 N–H and O–H groups in total. The Kier molecular flexibility index (Phi) is 4.37. The summed E-state index contributed by atoms with van der Waals surface area (Å²) in [5.41, 5.74) is -3.12. The maximum Gasteiger partial charge on any atom is 0.416 e. The van der Waals surface area contributed by atoms with E-state index in [9.17, 15) is 17.6 Å².